The minimum Gasteiger partial charge on any atom is -0.465 e. The van der Waals surface area contributed by atoms with Gasteiger partial charge in [0.25, 0.3) is 0 Å². The third-order valence-corrected chi connectivity index (χ3v) is 2.60. The molecule has 0 bridgehead atoms. The number of para-hydroxylation sites is 1. The second-order valence-electron chi connectivity index (χ2n) is 3.77. The van der Waals surface area contributed by atoms with Crippen molar-refractivity contribution in [2.75, 3.05) is 14.2 Å². The Bertz CT molecular complexity index is 633. The van der Waals surface area contributed by atoms with Crippen LogP contribution in [0.25, 0.3) is 5.69 Å². The number of carbonyl (C=O) groups excluding carboxylic acids is 2. The van der Waals surface area contributed by atoms with Gasteiger partial charge in [-0.3, -0.25) is 0 Å². The smallest absolute Gasteiger partial charge is 0.359 e. The predicted molar refractivity (Wildman–Crippen MR) is 66.2 cm³/mol. The SMILES string of the molecule is COC(=O)c1cn(-c2ccccc2F)nc1C(=O)OC. The molecule has 0 amide bonds. The fraction of sp³-hybridized carbons (Fsp3) is 0.154. The number of hydrogen-bond donors (Lipinski definition) is 0. The van der Waals surface area contributed by atoms with Crippen LogP contribution in [-0.4, -0.2) is 35.9 Å². The van der Waals surface area contributed by atoms with Crippen molar-refractivity contribution >= 4 is 11.9 Å². The van der Waals surface area contributed by atoms with Crippen LogP contribution < -0.4 is 0 Å². The van der Waals surface area contributed by atoms with Gasteiger partial charge in [-0.05, 0) is 12.1 Å². The molecular weight excluding hydrogens is 267 g/mol. The van der Waals surface area contributed by atoms with E-state index in [1.807, 2.05) is 0 Å². The third-order valence-electron chi connectivity index (χ3n) is 2.60. The molecule has 0 fully saturated rings. The van der Waals surface area contributed by atoms with E-state index in [0.29, 0.717) is 0 Å². The summed E-state index contributed by atoms with van der Waals surface area (Å²) < 4.78 is 23.9. The number of nitrogens with zero attached hydrogens (tertiary/aromatic N) is 2. The summed E-state index contributed by atoms with van der Waals surface area (Å²) in [5.74, 6) is -2.10. The predicted octanol–water partition coefficient (Wildman–Crippen LogP) is 1.58. The van der Waals surface area contributed by atoms with Crippen LogP contribution in [0.5, 0.6) is 0 Å². The van der Waals surface area contributed by atoms with Gasteiger partial charge in [-0.1, -0.05) is 12.1 Å². The Morgan fingerprint density at radius 1 is 1.15 bits per heavy atom. The Balaban J connectivity index is 2.57. The van der Waals surface area contributed by atoms with Crippen molar-refractivity contribution in [1.82, 2.24) is 9.78 Å². The van der Waals surface area contributed by atoms with Gasteiger partial charge in [0, 0.05) is 6.20 Å². The summed E-state index contributed by atoms with van der Waals surface area (Å²) in [6.45, 7) is 0. The number of carbonyl (C=O) groups is 2. The number of benzene rings is 1. The molecule has 0 unspecified atom stereocenters. The summed E-state index contributed by atoms with van der Waals surface area (Å²) in [5.41, 5.74) is -0.224. The maximum atomic E-state index is 13.7. The average Bonchev–Trinajstić information content (AvgIpc) is 2.91. The quantitative estimate of drug-likeness (QED) is 0.797. The molecule has 0 saturated heterocycles. The van der Waals surface area contributed by atoms with E-state index in [1.54, 1.807) is 6.07 Å². The van der Waals surface area contributed by atoms with Crippen LogP contribution in [0.4, 0.5) is 4.39 Å². The van der Waals surface area contributed by atoms with Gasteiger partial charge in [0.15, 0.2) is 5.69 Å². The molecule has 2 rings (SSSR count). The molecule has 2 aromatic rings. The highest BCUT2D eigenvalue weighted by molar-refractivity contribution is 6.01. The van der Waals surface area contributed by atoms with E-state index in [0.717, 1.165) is 11.8 Å². The molecule has 0 spiro atoms. The van der Waals surface area contributed by atoms with E-state index >= 15 is 0 Å². The van der Waals surface area contributed by atoms with Gasteiger partial charge in [0.1, 0.15) is 17.1 Å². The number of esters is 2. The van der Waals surface area contributed by atoms with Crippen LogP contribution in [0, 0.1) is 5.82 Å². The zero-order valence-corrected chi connectivity index (χ0v) is 10.8. The Hall–Kier alpha value is -2.70. The van der Waals surface area contributed by atoms with Gasteiger partial charge < -0.3 is 9.47 Å². The highest BCUT2D eigenvalue weighted by atomic mass is 19.1. The molecule has 1 aromatic carbocycles. The molecule has 1 aromatic heterocycles. The lowest BCUT2D eigenvalue weighted by Gasteiger charge is -2.01. The van der Waals surface area contributed by atoms with Crippen molar-refractivity contribution in [3.8, 4) is 5.69 Å². The van der Waals surface area contributed by atoms with Crippen molar-refractivity contribution < 1.29 is 23.5 Å². The molecule has 1 heterocycles. The second kappa shape index (κ2) is 5.52. The van der Waals surface area contributed by atoms with Crippen LogP contribution in [0.15, 0.2) is 30.5 Å². The summed E-state index contributed by atoms with van der Waals surface area (Å²) in [7, 11) is 2.33. The highest BCUT2D eigenvalue weighted by Crippen LogP contribution is 2.16. The van der Waals surface area contributed by atoms with E-state index < -0.39 is 17.8 Å². The topological polar surface area (TPSA) is 70.4 Å². The van der Waals surface area contributed by atoms with Gasteiger partial charge in [-0.2, -0.15) is 5.10 Å². The molecule has 7 heteroatoms. The molecule has 0 aliphatic rings. The van der Waals surface area contributed by atoms with Crippen LogP contribution in [0.3, 0.4) is 0 Å². The van der Waals surface area contributed by atoms with Crippen molar-refractivity contribution in [1.29, 1.82) is 0 Å². The molecular formula is C13H11FN2O4. The van der Waals surface area contributed by atoms with Crippen molar-refractivity contribution in [3.05, 3.63) is 47.5 Å². The summed E-state index contributed by atoms with van der Waals surface area (Å²) in [4.78, 5) is 23.2. The van der Waals surface area contributed by atoms with Crippen molar-refractivity contribution in [3.63, 3.8) is 0 Å². The maximum Gasteiger partial charge on any atom is 0.359 e. The van der Waals surface area contributed by atoms with Crippen LogP contribution >= 0.6 is 0 Å². The molecule has 6 nitrogen and oxygen atoms in total. The molecule has 104 valence electrons. The first kappa shape index (κ1) is 13.7. The molecule has 0 saturated carbocycles. The van der Waals surface area contributed by atoms with Gasteiger partial charge in [-0.25, -0.2) is 18.7 Å². The number of methoxy groups -OCH3 is 2. The maximum absolute atomic E-state index is 13.7. The lowest BCUT2D eigenvalue weighted by atomic mass is 10.2. The Kier molecular flexibility index (Phi) is 3.79. The Morgan fingerprint density at radius 3 is 2.40 bits per heavy atom. The lowest BCUT2D eigenvalue weighted by Crippen LogP contribution is -2.10. The molecule has 0 aliphatic heterocycles. The zero-order chi connectivity index (χ0) is 14.7. The van der Waals surface area contributed by atoms with Crippen molar-refractivity contribution in [2.45, 2.75) is 0 Å². The fourth-order valence-electron chi connectivity index (χ4n) is 1.64. The molecule has 0 atom stereocenters. The van der Waals surface area contributed by atoms with Crippen molar-refractivity contribution in [2.24, 2.45) is 0 Å². The monoisotopic (exact) mass is 278 g/mol. The summed E-state index contributed by atoms with van der Waals surface area (Å²) >= 11 is 0. The minimum absolute atomic E-state index is 0.0948. The van der Waals surface area contributed by atoms with Crippen LogP contribution in [0.1, 0.15) is 20.8 Å². The number of halogens is 1. The van der Waals surface area contributed by atoms with Crippen LogP contribution in [-0.2, 0) is 9.47 Å². The van der Waals surface area contributed by atoms with Gasteiger partial charge in [0.2, 0.25) is 0 Å². The largest absolute Gasteiger partial charge is 0.465 e. The molecule has 0 aliphatic carbocycles. The standard InChI is InChI=1S/C13H11FN2O4/c1-19-12(17)8-7-16(15-11(8)13(18)20-2)10-6-4-3-5-9(10)14/h3-7H,1-2H3. The summed E-state index contributed by atoms with van der Waals surface area (Å²) in [6.07, 6.45) is 1.22. The molecule has 20 heavy (non-hydrogen) atoms. The molecule has 0 radical (unpaired) electrons. The van der Waals surface area contributed by atoms with E-state index in [1.165, 1.54) is 31.5 Å². The number of rotatable bonds is 3. The number of hydrogen-bond acceptors (Lipinski definition) is 5. The number of ether oxygens (including phenoxy) is 2. The average molecular weight is 278 g/mol. The first-order chi connectivity index (χ1) is 9.58. The van der Waals surface area contributed by atoms with E-state index in [4.69, 9.17) is 0 Å². The first-order valence-corrected chi connectivity index (χ1v) is 5.59. The first-order valence-electron chi connectivity index (χ1n) is 5.59. The summed E-state index contributed by atoms with van der Waals surface area (Å²) in [5, 5.41) is 3.88. The zero-order valence-electron chi connectivity index (χ0n) is 10.8. The second-order valence-corrected chi connectivity index (χ2v) is 3.77. The van der Waals surface area contributed by atoms with Gasteiger partial charge in [0.05, 0.1) is 14.2 Å². The van der Waals surface area contributed by atoms with E-state index in [9.17, 15) is 14.0 Å². The van der Waals surface area contributed by atoms with Gasteiger partial charge >= 0.3 is 11.9 Å². The van der Waals surface area contributed by atoms with E-state index in [-0.39, 0.29) is 16.9 Å². The van der Waals surface area contributed by atoms with Crippen LogP contribution in [0.2, 0.25) is 0 Å². The highest BCUT2D eigenvalue weighted by Gasteiger charge is 2.24. The van der Waals surface area contributed by atoms with E-state index in [2.05, 4.69) is 14.6 Å². The summed E-state index contributed by atoms with van der Waals surface area (Å²) in [6, 6.07) is 5.83. The number of aromatic nitrogens is 2. The molecule has 0 N–H and O–H groups in total. The fourth-order valence-corrected chi connectivity index (χ4v) is 1.64. The van der Waals surface area contributed by atoms with Gasteiger partial charge in [-0.15, -0.1) is 0 Å². The Morgan fingerprint density at radius 2 is 1.80 bits per heavy atom. The lowest BCUT2D eigenvalue weighted by molar-refractivity contribution is 0.0552. The Labute approximate surface area is 113 Å². The third kappa shape index (κ3) is 2.37. The minimum atomic E-state index is -0.805. The normalized spacial score (nSPS) is 10.2.